The normalized spacial score (nSPS) is 18.7. The first kappa shape index (κ1) is 38.0. The number of hydrogen-bond donors (Lipinski definition) is 0. The smallest absolute Gasteiger partial charge is 0.370 e. The van der Waals surface area contributed by atoms with E-state index in [1.54, 1.807) is 0 Å². The van der Waals surface area contributed by atoms with Gasteiger partial charge in [-0.3, -0.25) is 0 Å². The largest absolute Gasteiger partial charge is 2.00 e. The molecule has 4 fully saturated rings. The molecule has 0 unspecified atom stereocenters. The molecule has 3 aromatic rings. The van der Waals surface area contributed by atoms with Gasteiger partial charge in [-0.05, 0) is 77.0 Å². The predicted octanol–water partition coefficient (Wildman–Crippen LogP) is 4.63. The number of fused-ring (bicyclic) bond motifs is 8. The molecule has 282 valence electrons. The van der Waals surface area contributed by atoms with Gasteiger partial charge in [-0.2, -0.15) is 21.0 Å². The molecule has 6 aliphatic rings. The van der Waals surface area contributed by atoms with Gasteiger partial charge in [0.1, 0.15) is 58.7 Å². The summed E-state index contributed by atoms with van der Waals surface area (Å²) in [6.07, 6.45) is 11.8. The van der Waals surface area contributed by atoms with Gasteiger partial charge >= 0.3 is 19.5 Å². The van der Waals surface area contributed by atoms with Crippen LogP contribution in [0.15, 0.2) is 0 Å². The molecule has 0 aromatic carbocycles. The van der Waals surface area contributed by atoms with E-state index in [1.807, 2.05) is 0 Å². The van der Waals surface area contributed by atoms with Gasteiger partial charge in [0.05, 0.1) is 33.9 Å². The van der Waals surface area contributed by atoms with Gasteiger partial charge in [0.15, 0.2) is 0 Å². The fourth-order valence-corrected chi connectivity index (χ4v) is 8.82. The standard InChI is InChI=1S/C40H40N16.Zn/c41-21-25-29(53-13-5-1-6-14-53)37-45-33(25)50-38-31(55-17-9-3-10-18-55)27(23-43)35(47-38)52-40-32(56-19-11-4-12-20-56)28(24-44)36(48-40)51-39-30(54-15-7-2-8-16-54)26(22-42)34(46-39)49-37;/h1-20H2;/q-2;+2. The second-order valence-electron chi connectivity index (χ2n) is 15.0. The molecule has 3 aromatic heterocycles. The zero-order chi connectivity index (χ0) is 38.2. The van der Waals surface area contributed by atoms with Gasteiger partial charge in [0, 0.05) is 74.9 Å². The van der Waals surface area contributed by atoms with E-state index in [4.69, 9.17) is 39.9 Å². The summed E-state index contributed by atoms with van der Waals surface area (Å²) in [5, 5.41) is 43.1. The van der Waals surface area contributed by atoms with E-state index in [0.29, 0.717) is 75.1 Å². The zero-order valence-electron chi connectivity index (χ0n) is 32.0. The second kappa shape index (κ2) is 16.3. The maximum atomic E-state index is 10.8. The quantitative estimate of drug-likeness (QED) is 0.329. The first-order valence-electron chi connectivity index (χ1n) is 19.9. The number of aromatic nitrogens is 8. The topological polar surface area (TPSA) is 214 Å². The summed E-state index contributed by atoms with van der Waals surface area (Å²) >= 11 is 0. The molecule has 6 aliphatic heterocycles. The van der Waals surface area contributed by atoms with Crippen LogP contribution in [0.3, 0.4) is 0 Å². The third kappa shape index (κ3) is 6.85. The second-order valence-corrected chi connectivity index (χ2v) is 15.0. The Kier molecular flexibility index (Phi) is 10.9. The van der Waals surface area contributed by atoms with Gasteiger partial charge in [-0.25, -0.2) is 9.97 Å². The van der Waals surface area contributed by atoms with Gasteiger partial charge in [-0.1, -0.05) is 0 Å². The number of piperidine rings is 4. The summed E-state index contributed by atoms with van der Waals surface area (Å²) in [5.41, 5.74) is 3.87. The Morgan fingerprint density at radius 1 is 0.368 bits per heavy atom. The molecule has 0 radical (unpaired) electrons. The Labute approximate surface area is 343 Å². The monoisotopic (exact) mass is 808 g/mol. The minimum Gasteiger partial charge on any atom is -0.370 e. The average Bonchev–Trinajstić information content (AvgIpc) is 3.98. The molecule has 8 bridgehead atoms. The zero-order valence-corrected chi connectivity index (χ0v) is 35.0. The van der Waals surface area contributed by atoms with Crippen LogP contribution < -0.4 is 19.8 Å². The van der Waals surface area contributed by atoms with E-state index in [9.17, 15) is 21.0 Å². The molecule has 0 aliphatic carbocycles. The molecule has 57 heavy (non-hydrogen) atoms. The first-order chi connectivity index (χ1) is 27.6. The predicted molar refractivity (Wildman–Crippen MR) is 207 cm³/mol. The SMILES string of the molecule is N#CC1=C(N2CCCCC2)c2nc1nc1[n-]c(nc3nc(nc4[n-]c(n2)c(C#N)c4N2CCCCC2)C(C#N)=C3N2CCCCC2)c(C#N)c1N1CCCCC1.[Zn+2]. The summed E-state index contributed by atoms with van der Waals surface area (Å²) in [4.78, 5) is 48.0. The Hall–Kier alpha value is -5.90. The average molecular weight is 810 g/mol. The fraction of sp³-hybridized carbons (Fsp3) is 0.500. The fourth-order valence-electron chi connectivity index (χ4n) is 8.82. The van der Waals surface area contributed by atoms with Crippen LogP contribution in [0.2, 0.25) is 0 Å². The Morgan fingerprint density at radius 3 is 1.00 bits per heavy atom. The first-order valence-corrected chi connectivity index (χ1v) is 19.9. The van der Waals surface area contributed by atoms with Gasteiger partial charge < -0.3 is 49.5 Å². The molecular weight excluding hydrogens is 770 g/mol. The van der Waals surface area contributed by atoms with Crippen LogP contribution in [-0.4, -0.2) is 92.1 Å². The number of likely N-dealkylation sites (tertiary alicyclic amines) is 2. The van der Waals surface area contributed by atoms with E-state index >= 15 is 0 Å². The maximum absolute atomic E-state index is 10.8. The number of allylic oxidation sites excluding steroid dienone is 2. The van der Waals surface area contributed by atoms with Crippen molar-refractivity contribution in [1.29, 1.82) is 21.0 Å². The molecule has 0 amide bonds. The third-order valence-corrected chi connectivity index (χ3v) is 11.5. The Balaban J connectivity index is 0.00000455. The van der Waals surface area contributed by atoms with E-state index in [0.717, 1.165) is 77.0 Å². The van der Waals surface area contributed by atoms with Crippen molar-refractivity contribution in [3.05, 3.63) is 34.4 Å². The van der Waals surface area contributed by atoms with E-state index in [1.165, 1.54) is 0 Å². The number of hydrogen-bond acceptors (Lipinski definition) is 14. The van der Waals surface area contributed by atoms with Gasteiger partial charge in [0.25, 0.3) is 0 Å². The van der Waals surface area contributed by atoms with Crippen molar-refractivity contribution >= 4 is 56.5 Å². The van der Waals surface area contributed by atoms with E-state index in [2.05, 4.69) is 43.9 Å². The third-order valence-electron chi connectivity index (χ3n) is 11.5. The molecule has 0 spiro atoms. The van der Waals surface area contributed by atoms with Crippen LogP contribution in [0.5, 0.6) is 0 Å². The van der Waals surface area contributed by atoms with Crippen molar-refractivity contribution in [2.45, 2.75) is 77.0 Å². The van der Waals surface area contributed by atoms with Crippen LogP contribution in [0, 0.1) is 45.3 Å². The number of anilines is 2. The Morgan fingerprint density at radius 2 is 0.684 bits per heavy atom. The van der Waals surface area contributed by atoms with Crippen LogP contribution >= 0.6 is 0 Å². The van der Waals surface area contributed by atoms with Crippen molar-refractivity contribution in [2.24, 2.45) is 0 Å². The summed E-state index contributed by atoms with van der Waals surface area (Å²) in [7, 11) is 0. The minimum absolute atomic E-state index is 0. The summed E-state index contributed by atoms with van der Waals surface area (Å²) < 4.78 is 0. The van der Waals surface area contributed by atoms with Crippen LogP contribution in [0.4, 0.5) is 11.4 Å². The molecular formula is C40H40N16Zn. The van der Waals surface area contributed by atoms with Crippen molar-refractivity contribution in [3.63, 3.8) is 0 Å². The summed E-state index contributed by atoms with van der Waals surface area (Å²) in [5.74, 6) is 0.726. The van der Waals surface area contributed by atoms with Gasteiger partial charge in [-0.15, -0.1) is 0 Å². The molecule has 0 saturated carbocycles. The summed E-state index contributed by atoms with van der Waals surface area (Å²) in [6.45, 7) is 5.65. The molecule has 0 N–H and O–H groups in total. The van der Waals surface area contributed by atoms with Crippen molar-refractivity contribution in [1.82, 2.24) is 49.7 Å². The van der Waals surface area contributed by atoms with Gasteiger partial charge in [0.2, 0.25) is 0 Å². The molecule has 4 saturated heterocycles. The Bertz CT molecular complexity index is 2310. The van der Waals surface area contributed by atoms with Crippen molar-refractivity contribution in [2.75, 3.05) is 62.2 Å². The molecule has 16 nitrogen and oxygen atoms in total. The van der Waals surface area contributed by atoms with Crippen LogP contribution in [0.1, 0.15) is 111 Å². The number of rotatable bonds is 4. The van der Waals surface area contributed by atoms with Crippen LogP contribution in [0.25, 0.3) is 45.1 Å². The minimum atomic E-state index is 0. The van der Waals surface area contributed by atoms with Crippen LogP contribution in [-0.2, 0) is 19.5 Å². The molecule has 0 atom stereocenters. The number of nitrogens with zero attached hydrogens (tertiary/aromatic N) is 16. The molecule has 9 rings (SSSR count). The summed E-state index contributed by atoms with van der Waals surface area (Å²) in [6, 6.07) is 9.51. The van der Waals surface area contributed by atoms with E-state index in [-0.39, 0.29) is 87.6 Å². The molecule has 17 heteroatoms. The molecule has 9 heterocycles. The van der Waals surface area contributed by atoms with Crippen molar-refractivity contribution < 1.29 is 19.5 Å². The van der Waals surface area contributed by atoms with E-state index < -0.39 is 0 Å². The van der Waals surface area contributed by atoms with Crippen molar-refractivity contribution in [3.8, 4) is 24.3 Å². The maximum Gasteiger partial charge on any atom is 2.00 e. The number of nitriles is 4.